The molecule has 8 heteroatoms. The van der Waals surface area contributed by atoms with Crippen LogP contribution >= 0.6 is 0 Å². The lowest BCUT2D eigenvalue weighted by Gasteiger charge is -2.18. The molecule has 1 amide bonds. The third-order valence-electron chi connectivity index (χ3n) is 3.83. The normalized spacial score (nSPS) is 20.8. The Morgan fingerprint density at radius 3 is 2.87 bits per heavy atom. The molecule has 1 fully saturated rings. The number of aromatic nitrogens is 3. The maximum Gasteiger partial charge on any atom is 0.279 e. The van der Waals surface area contributed by atoms with E-state index in [9.17, 15) is 13.6 Å². The number of halogens is 2. The largest absolute Gasteiger partial charge is 0.379 e. The van der Waals surface area contributed by atoms with Gasteiger partial charge in [0.2, 0.25) is 0 Å². The summed E-state index contributed by atoms with van der Waals surface area (Å²) in [5, 5.41) is 8.60. The van der Waals surface area contributed by atoms with Crippen molar-refractivity contribution in [2.75, 3.05) is 13.2 Å². The SMILES string of the molecule is O=C(NC1COCC1Cc1ccncc1)c1cc(C(F)F)[nH]n1. The number of nitrogens with zero attached hydrogens (tertiary/aromatic N) is 2. The number of nitrogens with one attached hydrogen (secondary N) is 2. The van der Waals surface area contributed by atoms with Crippen LogP contribution in [0, 0.1) is 5.92 Å². The highest BCUT2D eigenvalue weighted by molar-refractivity contribution is 5.92. The Morgan fingerprint density at radius 2 is 2.17 bits per heavy atom. The van der Waals surface area contributed by atoms with Crippen molar-refractivity contribution in [2.45, 2.75) is 18.9 Å². The first-order valence-corrected chi connectivity index (χ1v) is 7.24. The molecule has 2 N–H and O–H groups in total. The second kappa shape index (κ2) is 6.82. The molecule has 3 heterocycles. The standard InChI is InChI=1S/C15H16F2N4O2/c16-14(17)11-6-12(21-20-11)15(22)19-13-8-23-7-10(13)5-9-1-3-18-4-2-9/h1-4,6,10,13-14H,5,7-8H2,(H,19,22)(H,20,21). The average Bonchev–Trinajstić information content (AvgIpc) is 3.18. The predicted octanol–water partition coefficient (Wildman–Crippen LogP) is 1.73. The quantitative estimate of drug-likeness (QED) is 0.878. The molecule has 6 nitrogen and oxygen atoms in total. The maximum atomic E-state index is 12.5. The summed E-state index contributed by atoms with van der Waals surface area (Å²) in [5.41, 5.74) is 0.690. The number of H-pyrrole nitrogens is 1. The van der Waals surface area contributed by atoms with Gasteiger partial charge in [0.25, 0.3) is 12.3 Å². The van der Waals surface area contributed by atoms with Crippen LogP contribution in [-0.4, -0.2) is 40.3 Å². The number of hydrogen-bond acceptors (Lipinski definition) is 4. The van der Waals surface area contributed by atoms with Gasteiger partial charge in [-0.05, 0) is 30.2 Å². The third kappa shape index (κ3) is 3.70. The van der Waals surface area contributed by atoms with E-state index in [4.69, 9.17) is 4.74 Å². The number of ether oxygens (including phenoxy) is 1. The summed E-state index contributed by atoms with van der Waals surface area (Å²) in [7, 11) is 0. The molecule has 1 aliphatic rings. The van der Waals surface area contributed by atoms with Crippen molar-refractivity contribution < 1.29 is 18.3 Å². The lowest BCUT2D eigenvalue weighted by molar-refractivity contribution is 0.0920. The number of amides is 1. The Kier molecular flexibility index (Phi) is 4.61. The van der Waals surface area contributed by atoms with E-state index in [0.29, 0.717) is 13.2 Å². The van der Waals surface area contributed by atoms with Crippen LogP contribution < -0.4 is 5.32 Å². The minimum atomic E-state index is -2.68. The van der Waals surface area contributed by atoms with E-state index in [1.165, 1.54) is 0 Å². The van der Waals surface area contributed by atoms with Gasteiger partial charge < -0.3 is 10.1 Å². The second-order valence-corrected chi connectivity index (χ2v) is 5.45. The zero-order valence-corrected chi connectivity index (χ0v) is 12.2. The molecule has 0 aromatic carbocycles. The van der Waals surface area contributed by atoms with Crippen molar-refractivity contribution in [1.29, 1.82) is 0 Å². The van der Waals surface area contributed by atoms with Crippen LogP contribution in [0.5, 0.6) is 0 Å². The third-order valence-corrected chi connectivity index (χ3v) is 3.83. The molecule has 0 aliphatic carbocycles. The molecule has 1 aliphatic heterocycles. The minimum Gasteiger partial charge on any atom is -0.379 e. The summed E-state index contributed by atoms with van der Waals surface area (Å²) in [6, 6.07) is 4.72. The van der Waals surface area contributed by atoms with Gasteiger partial charge >= 0.3 is 0 Å². The maximum absolute atomic E-state index is 12.5. The molecule has 23 heavy (non-hydrogen) atoms. The van der Waals surface area contributed by atoms with Crippen molar-refractivity contribution >= 4 is 5.91 Å². The summed E-state index contributed by atoms with van der Waals surface area (Å²) >= 11 is 0. The van der Waals surface area contributed by atoms with Gasteiger partial charge in [-0.1, -0.05) is 0 Å². The number of aromatic amines is 1. The van der Waals surface area contributed by atoms with Crippen molar-refractivity contribution in [2.24, 2.45) is 5.92 Å². The highest BCUT2D eigenvalue weighted by atomic mass is 19.3. The van der Waals surface area contributed by atoms with Gasteiger partial charge in [-0.15, -0.1) is 0 Å². The fourth-order valence-electron chi connectivity index (χ4n) is 2.59. The summed E-state index contributed by atoms with van der Waals surface area (Å²) in [4.78, 5) is 16.1. The summed E-state index contributed by atoms with van der Waals surface area (Å²) in [5.74, 6) is -0.363. The molecule has 2 aromatic heterocycles. The Bertz CT molecular complexity index is 663. The van der Waals surface area contributed by atoms with Gasteiger partial charge in [0.15, 0.2) is 0 Å². The van der Waals surface area contributed by atoms with Gasteiger partial charge in [-0.2, -0.15) is 5.10 Å². The number of carbonyl (C=O) groups excluding carboxylic acids is 1. The first-order chi connectivity index (χ1) is 11.1. The minimum absolute atomic E-state index is 0.0464. The first-order valence-electron chi connectivity index (χ1n) is 7.24. The van der Waals surface area contributed by atoms with Crippen molar-refractivity contribution in [3.63, 3.8) is 0 Å². The zero-order chi connectivity index (χ0) is 16.2. The Morgan fingerprint density at radius 1 is 1.39 bits per heavy atom. The number of alkyl halides is 2. The number of hydrogen-bond donors (Lipinski definition) is 2. The summed E-state index contributed by atoms with van der Waals surface area (Å²) in [6.45, 7) is 0.934. The Labute approximate surface area is 131 Å². The summed E-state index contributed by atoms with van der Waals surface area (Å²) < 4.78 is 30.5. The zero-order valence-electron chi connectivity index (χ0n) is 12.2. The lowest BCUT2D eigenvalue weighted by Crippen LogP contribution is -2.40. The lowest BCUT2D eigenvalue weighted by atomic mass is 9.95. The highest BCUT2D eigenvalue weighted by Gasteiger charge is 2.30. The molecular weight excluding hydrogens is 306 g/mol. The summed E-state index contributed by atoms with van der Waals surface area (Å²) in [6.07, 6.45) is 1.50. The van der Waals surface area contributed by atoms with E-state index in [1.807, 2.05) is 12.1 Å². The monoisotopic (exact) mass is 322 g/mol. The highest BCUT2D eigenvalue weighted by Crippen LogP contribution is 2.20. The molecule has 2 unspecified atom stereocenters. The van der Waals surface area contributed by atoms with Crippen LogP contribution in [-0.2, 0) is 11.2 Å². The van der Waals surface area contributed by atoms with Gasteiger partial charge in [0.05, 0.1) is 19.3 Å². The molecule has 2 aromatic rings. The fourth-order valence-corrected chi connectivity index (χ4v) is 2.59. The molecule has 2 atom stereocenters. The first kappa shape index (κ1) is 15.5. The van der Waals surface area contributed by atoms with E-state index < -0.39 is 12.3 Å². The molecule has 0 bridgehead atoms. The van der Waals surface area contributed by atoms with Crippen LogP contribution in [0.4, 0.5) is 8.78 Å². The Hall–Kier alpha value is -2.35. The van der Waals surface area contributed by atoms with E-state index in [0.717, 1.165) is 18.1 Å². The predicted molar refractivity (Wildman–Crippen MR) is 77.0 cm³/mol. The van der Waals surface area contributed by atoms with Gasteiger partial charge in [0.1, 0.15) is 11.4 Å². The van der Waals surface area contributed by atoms with Crippen LogP contribution in [0.3, 0.4) is 0 Å². The van der Waals surface area contributed by atoms with E-state index in [2.05, 4.69) is 20.5 Å². The van der Waals surface area contributed by atoms with E-state index >= 15 is 0 Å². The average molecular weight is 322 g/mol. The van der Waals surface area contributed by atoms with E-state index in [1.54, 1.807) is 12.4 Å². The fraction of sp³-hybridized carbons (Fsp3) is 0.400. The number of carbonyl (C=O) groups is 1. The molecule has 122 valence electrons. The molecular formula is C15H16F2N4O2. The van der Waals surface area contributed by atoms with Crippen LogP contribution in [0.25, 0.3) is 0 Å². The molecule has 0 spiro atoms. The van der Waals surface area contributed by atoms with Gasteiger partial charge in [-0.3, -0.25) is 14.9 Å². The second-order valence-electron chi connectivity index (χ2n) is 5.45. The number of pyridine rings is 1. The molecule has 3 rings (SSSR count). The molecule has 1 saturated heterocycles. The Balaban J connectivity index is 1.62. The number of rotatable bonds is 5. The van der Waals surface area contributed by atoms with E-state index in [-0.39, 0.29) is 23.3 Å². The van der Waals surface area contributed by atoms with Gasteiger partial charge in [-0.25, -0.2) is 8.78 Å². The van der Waals surface area contributed by atoms with Crippen LogP contribution in [0.2, 0.25) is 0 Å². The van der Waals surface area contributed by atoms with Crippen LogP contribution in [0.15, 0.2) is 30.6 Å². The van der Waals surface area contributed by atoms with Crippen molar-refractivity contribution in [3.8, 4) is 0 Å². The molecule has 0 radical (unpaired) electrons. The van der Waals surface area contributed by atoms with Gasteiger partial charge in [0, 0.05) is 18.3 Å². The molecule has 0 saturated carbocycles. The van der Waals surface area contributed by atoms with Crippen LogP contribution in [0.1, 0.15) is 28.2 Å². The topological polar surface area (TPSA) is 79.9 Å². The smallest absolute Gasteiger partial charge is 0.279 e. The van der Waals surface area contributed by atoms with Crippen molar-refractivity contribution in [3.05, 3.63) is 47.5 Å². The van der Waals surface area contributed by atoms with Crippen molar-refractivity contribution in [1.82, 2.24) is 20.5 Å².